The van der Waals surface area contributed by atoms with Gasteiger partial charge in [0.15, 0.2) is 0 Å². The van der Waals surface area contributed by atoms with Crippen LogP contribution in [0.3, 0.4) is 0 Å². The summed E-state index contributed by atoms with van der Waals surface area (Å²) in [5, 5.41) is 10.4. The molecule has 0 bridgehead atoms. The van der Waals surface area contributed by atoms with Gasteiger partial charge in [-0.3, -0.25) is 4.90 Å². The van der Waals surface area contributed by atoms with Crippen molar-refractivity contribution < 1.29 is 5.11 Å². The second-order valence-electron chi connectivity index (χ2n) is 5.26. The van der Waals surface area contributed by atoms with E-state index in [1.807, 2.05) is 19.2 Å². The zero-order chi connectivity index (χ0) is 13.0. The van der Waals surface area contributed by atoms with E-state index in [0.29, 0.717) is 12.4 Å². The first-order valence-corrected chi connectivity index (χ1v) is 6.44. The quantitative estimate of drug-likeness (QED) is 0.539. The predicted octanol–water partition coefficient (Wildman–Crippen LogP) is 1.10. The lowest BCUT2D eigenvalue weighted by molar-refractivity contribution is 0.0145. The SMILES string of the molecule is CN(Cc1cccnc1NN)CC1(O)CCCC1. The van der Waals surface area contributed by atoms with Crippen LogP contribution in [0.15, 0.2) is 18.3 Å². The van der Waals surface area contributed by atoms with Gasteiger partial charge in [0, 0.05) is 24.8 Å². The number of anilines is 1. The average molecular weight is 250 g/mol. The molecule has 0 unspecified atom stereocenters. The maximum Gasteiger partial charge on any atom is 0.144 e. The van der Waals surface area contributed by atoms with Crippen LogP contribution in [-0.4, -0.2) is 34.2 Å². The predicted molar refractivity (Wildman–Crippen MR) is 71.8 cm³/mol. The minimum Gasteiger partial charge on any atom is -0.389 e. The van der Waals surface area contributed by atoms with E-state index < -0.39 is 5.60 Å². The Labute approximate surface area is 108 Å². The first kappa shape index (κ1) is 13.3. The highest BCUT2D eigenvalue weighted by Crippen LogP contribution is 2.30. The number of nitrogen functional groups attached to an aromatic ring is 1. The minimum atomic E-state index is -0.507. The fraction of sp³-hybridized carbons (Fsp3) is 0.615. The molecule has 0 radical (unpaired) electrons. The minimum absolute atomic E-state index is 0.507. The lowest BCUT2D eigenvalue weighted by atomic mass is 10.0. The van der Waals surface area contributed by atoms with Gasteiger partial charge in [0.25, 0.3) is 0 Å². The molecule has 0 saturated heterocycles. The Morgan fingerprint density at radius 2 is 2.22 bits per heavy atom. The summed E-state index contributed by atoms with van der Waals surface area (Å²) in [7, 11) is 2.02. The number of aromatic nitrogens is 1. The van der Waals surface area contributed by atoms with Crippen LogP contribution in [0.1, 0.15) is 31.2 Å². The molecule has 1 heterocycles. The van der Waals surface area contributed by atoms with Gasteiger partial charge in [0.1, 0.15) is 5.82 Å². The van der Waals surface area contributed by atoms with Gasteiger partial charge >= 0.3 is 0 Å². The number of nitrogens with two attached hydrogens (primary N) is 1. The van der Waals surface area contributed by atoms with Gasteiger partial charge in [-0.1, -0.05) is 18.9 Å². The van der Waals surface area contributed by atoms with E-state index in [1.165, 1.54) is 0 Å². The lowest BCUT2D eigenvalue weighted by Gasteiger charge is -2.28. The van der Waals surface area contributed by atoms with Crippen molar-refractivity contribution in [3.63, 3.8) is 0 Å². The smallest absolute Gasteiger partial charge is 0.144 e. The molecule has 1 saturated carbocycles. The van der Waals surface area contributed by atoms with Crippen molar-refractivity contribution in [3.05, 3.63) is 23.9 Å². The van der Waals surface area contributed by atoms with E-state index >= 15 is 0 Å². The Morgan fingerprint density at radius 3 is 2.89 bits per heavy atom. The number of pyridine rings is 1. The highest BCUT2D eigenvalue weighted by Gasteiger charge is 2.32. The van der Waals surface area contributed by atoms with Gasteiger partial charge in [-0.2, -0.15) is 0 Å². The van der Waals surface area contributed by atoms with E-state index in [4.69, 9.17) is 5.84 Å². The van der Waals surface area contributed by atoms with Crippen molar-refractivity contribution in [2.24, 2.45) is 5.84 Å². The van der Waals surface area contributed by atoms with Gasteiger partial charge in [0.05, 0.1) is 5.60 Å². The van der Waals surface area contributed by atoms with Crippen LogP contribution in [0.25, 0.3) is 0 Å². The highest BCUT2D eigenvalue weighted by atomic mass is 16.3. The summed E-state index contributed by atoms with van der Waals surface area (Å²) in [6.07, 6.45) is 5.79. The van der Waals surface area contributed by atoms with E-state index in [0.717, 1.165) is 37.8 Å². The summed E-state index contributed by atoms with van der Waals surface area (Å²) < 4.78 is 0. The molecular weight excluding hydrogens is 228 g/mol. The first-order valence-electron chi connectivity index (χ1n) is 6.44. The van der Waals surface area contributed by atoms with Crippen LogP contribution >= 0.6 is 0 Å². The summed E-state index contributed by atoms with van der Waals surface area (Å²) in [4.78, 5) is 6.30. The van der Waals surface area contributed by atoms with Gasteiger partial charge in [-0.25, -0.2) is 10.8 Å². The highest BCUT2D eigenvalue weighted by molar-refractivity contribution is 5.42. The van der Waals surface area contributed by atoms with Crippen molar-refractivity contribution in [3.8, 4) is 0 Å². The molecule has 18 heavy (non-hydrogen) atoms. The van der Waals surface area contributed by atoms with Gasteiger partial charge in [0.2, 0.25) is 0 Å². The monoisotopic (exact) mass is 250 g/mol. The Balaban J connectivity index is 1.96. The van der Waals surface area contributed by atoms with Crippen LogP contribution in [0.5, 0.6) is 0 Å². The average Bonchev–Trinajstić information content (AvgIpc) is 2.76. The Morgan fingerprint density at radius 1 is 1.50 bits per heavy atom. The van der Waals surface area contributed by atoms with Gasteiger partial charge in [-0.05, 0) is 26.0 Å². The number of rotatable bonds is 5. The van der Waals surface area contributed by atoms with Crippen molar-refractivity contribution >= 4 is 5.82 Å². The number of hydrazine groups is 1. The molecule has 5 heteroatoms. The van der Waals surface area contributed by atoms with Crippen molar-refractivity contribution in [1.29, 1.82) is 0 Å². The van der Waals surface area contributed by atoms with Crippen molar-refractivity contribution in [2.45, 2.75) is 37.8 Å². The van der Waals surface area contributed by atoms with Crippen molar-refractivity contribution in [2.75, 3.05) is 19.0 Å². The zero-order valence-corrected chi connectivity index (χ0v) is 10.9. The standard InChI is InChI=1S/C13H22N4O/c1-17(10-13(18)6-2-3-7-13)9-11-5-4-8-15-12(11)16-14/h4-5,8,18H,2-3,6-7,9-10,14H2,1H3,(H,15,16). The molecule has 0 amide bonds. The summed E-state index contributed by atoms with van der Waals surface area (Å²) in [6, 6.07) is 3.89. The summed E-state index contributed by atoms with van der Waals surface area (Å²) in [6.45, 7) is 1.43. The molecule has 100 valence electrons. The molecule has 1 aromatic heterocycles. The molecule has 0 aliphatic heterocycles. The van der Waals surface area contributed by atoms with Crippen LogP contribution in [0.2, 0.25) is 0 Å². The molecule has 1 aromatic rings. The number of hydrogen-bond donors (Lipinski definition) is 3. The number of aliphatic hydroxyl groups is 1. The third kappa shape index (κ3) is 3.19. The fourth-order valence-electron chi connectivity index (χ4n) is 2.74. The fourth-order valence-corrected chi connectivity index (χ4v) is 2.74. The number of hydrogen-bond acceptors (Lipinski definition) is 5. The molecule has 0 atom stereocenters. The summed E-state index contributed by atoms with van der Waals surface area (Å²) in [5.41, 5.74) is 3.14. The summed E-state index contributed by atoms with van der Waals surface area (Å²) >= 11 is 0. The molecular formula is C13H22N4O. The van der Waals surface area contributed by atoms with E-state index in [2.05, 4.69) is 15.3 Å². The zero-order valence-electron chi connectivity index (χ0n) is 10.9. The van der Waals surface area contributed by atoms with Gasteiger partial charge < -0.3 is 10.5 Å². The maximum absolute atomic E-state index is 10.4. The first-order chi connectivity index (χ1) is 8.63. The Kier molecular flexibility index (Phi) is 4.16. The van der Waals surface area contributed by atoms with Crippen LogP contribution in [-0.2, 0) is 6.54 Å². The molecule has 1 aliphatic carbocycles. The van der Waals surface area contributed by atoms with E-state index in [1.54, 1.807) is 6.20 Å². The molecule has 1 aliphatic rings. The van der Waals surface area contributed by atoms with E-state index in [-0.39, 0.29) is 0 Å². The molecule has 5 nitrogen and oxygen atoms in total. The topological polar surface area (TPSA) is 74.4 Å². The molecule has 0 aromatic carbocycles. The van der Waals surface area contributed by atoms with Crippen LogP contribution < -0.4 is 11.3 Å². The largest absolute Gasteiger partial charge is 0.389 e. The summed E-state index contributed by atoms with van der Waals surface area (Å²) in [5.74, 6) is 6.13. The van der Waals surface area contributed by atoms with Crippen LogP contribution in [0.4, 0.5) is 5.82 Å². The molecule has 0 spiro atoms. The Bertz CT molecular complexity index is 390. The number of likely N-dealkylation sites (N-methyl/N-ethyl adjacent to an activating group) is 1. The molecule has 2 rings (SSSR count). The lowest BCUT2D eigenvalue weighted by Crippen LogP contribution is -2.39. The second-order valence-corrected chi connectivity index (χ2v) is 5.26. The van der Waals surface area contributed by atoms with E-state index in [9.17, 15) is 5.11 Å². The second kappa shape index (κ2) is 5.65. The van der Waals surface area contributed by atoms with Gasteiger partial charge in [-0.15, -0.1) is 0 Å². The Hall–Kier alpha value is -1.17. The normalized spacial score (nSPS) is 18.2. The third-order valence-electron chi connectivity index (χ3n) is 3.57. The third-order valence-corrected chi connectivity index (χ3v) is 3.57. The number of nitrogens with one attached hydrogen (secondary N) is 1. The van der Waals surface area contributed by atoms with Crippen LogP contribution in [0, 0.1) is 0 Å². The maximum atomic E-state index is 10.4. The molecule has 4 N–H and O–H groups in total. The number of nitrogens with zero attached hydrogens (tertiary/aromatic N) is 2. The van der Waals surface area contributed by atoms with Crippen molar-refractivity contribution in [1.82, 2.24) is 9.88 Å². The molecule has 1 fully saturated rings.